The second-order valence-electron chi connectivity index (χ2n) is 8.86. The third-order valence-corrected chi connectivity index (χ3v) is 6.25. The molecule has 0 aliphatic carbocycles. The second-order valence-corrected chi connectivity index (χ2v) is 8.86. The van der Waals surface area contributed by atoms with E-state index in [9.17, 15) is 19.4 Å². The molecule has 4 aromatic rings. The fraction of sp³-hybridized carbons (Fsp3) is 0.222. The summed E-state index contributed by atoms with van der Waals surface area (Å²) >= 11 is 0. The molecule has 0 saturated heterocycles. The van der Waals surface area contributed by atoms with Gasteiger partial charge in [-0.05, 0) is 54.6 Å². The Morgan fingerprint density at radius 2 is 1.81 bits per heavy atom. The Bertz CT molecular complexity index is 1320. The second kappa shape index (κ2) is 10.8. The fourth-order valence-corrected chi connectivity index (χ4v) is 3.91. The lowest BCUT2D eigenvalue weighted by Gasteiger charge is -2.35. The zero-order valence-corrected chi connectivity index (χ0v) is 19.6. The van der Waals surface area contributed by atoms with Gasteiger partial charge in [0.05, 0.1) is 30.2 Å². The van der Waals surface area contributed by atoms with Crippen molar-refractivity contribution in [2.24, 2.45) is 5.41 Å². The fourth-order valence-electron chi connectivity index (χ4n) is 3.91. The van der Waals surface area contributed by atoms with E-state index >= 15 is 4.39 Å². The normalized spacial score (nSPS) is 12.4. The molecule has 0 radical (unpaired) electrons. The summed E-state index contributed by atoms with van der Waals surface area (Å²) in [4.78, 5) is 17.7. The standard InChI is InChI=1S/C27H26F2N4O3/c1-27(15-34,16-35)24(13-19-5-2-3-12-30-19)31-26(36)20-6-4-7-21(29)25(20)23-14-22(32-33-23)17-8-10-18(28)11-9-17/h2-12,14,24,34-35H,13,15-16H2,1H3,(H,31,36)(H,32,33)/t24-/m1/s1. The molecule has 2 heterocycles. The summed E-state index contributed by atoms with van der Waals surface area (Å²) < 4.78 is 28.3. The van der Waals surface area contributed by atoms with Gasteiger partial charge < -0.3 is 15.5 Å². The van der Waals surface area contributed by atoms with Crippen LogP contribution in [0.25, 0.3) is 22.5 Å². The summed E-state index contributed by atoms with van der Waals surface area (Å²) in [6, 6.07) is 16.1. The summed E-state index contributed by atoms with van der Waals surface area (Å²) in [6.45, 7) is 0.870. The minimum absolute atomic E-state index is 0.0159. The van der Waals surface area contributed by atoms with Gasteiger partial charge >= 0.3 is 0 Å². The van der Waals surface area contributed by atoms with Crippen LogP contribution in [0, 0.1) is 17.0 Å². The number of carbonyl (C=O) groups excluding carboxylic acids is 1. The zero-order chi connectivity index (χ0) is 25.7. The van der Waals surface area contributed by atoms with Crippen molar-refractivity contribution in [3.63, 3.8) is 0 Å². The molecule has 1 amide bonds. The number of hydrogen-bond acceptors (Lipinski definition) is 5. The first-order chi connectivity index (χ1) is 17.3. The van der Waals surface area contributed by atoms with Crippen molar-refractivity contribution in [3.8, 4) is 22.5 Å². The molecule has 4 rings (SSSR count). The Kier molecular flexibility index (Phi) is 7.52. The summed E-state index contributed by atoms with van der Waals surface area (Å²) in [6.07, 6.45) is 1.86. The highest BCUT2D eigenvalue weighted by molar-refractivity contribution is 6.01. The highest BCUT2D eigenvalue weighted by atomic mass is 19.1. The predicted molar refractivity (Wildman–Crippen MR) is 131 cm³/mol. The van der Waals surface area contributed by atoms with Gasteiger partial charge in [-0.25, -0.2) is 8.78 Å². The summed E-state index contributed by atoms with van der Waals surface area (Å²) in [7, 11) is 0. The average molecular weight is 493 g/mol. The lowest BCUT2D eigenvalue weighted by molar-refractivity contribution is 0.0346. The van der Waals surface area contributed by atoms with E-state index in [2.05, 4.69) is 20.5 Å². The maximum atomic E-state index is 15.0. The number of benzene rings is 2. The van der Waals surface area contributed by atoms with Gasteiger partial charge in [0.2, 0.25) is 0 Å². The Hall–Kier alpha value is -3.95. The van der Waals surface area contributed by atoms with Crippen molar-refractivity contribution in [1.29, 1.82) is 0 Å². The Balaban J connectivity index is 1.67. The molecule has 0 saturated carbocycles. The first kappa shape index (κ1) is 25.2. The number of hydrogen-bond donors (Lipinski definition) is 4. The number of H-pyrrole nitrogens is 1. The molecule has 0 unspecified atom stereocenters. The number of nitrogens with one attached hydrogen (secondary N) is 2. The van der Waals surface area contributed by atoms with Crippen LogP contribution in [0.1, 0.15) is 23.0 Å². The number of rotatable bonds is 9. The van der Waals surface area contributed by atoms with E-state index in [-0.39, 0.29) is 29.1 Å². The number of pyridine rings is 1. The molecular formula is C27H26F2N4O3. The Morgan fingerprint density at radius 1 is 1.06 bits per heavy atom. The maximum Gasteiger partial charge on any atom is 0.252 e. The van der Waals surface area contributed by atoms with Crippen LogP contribution in [-0.4, -0.2) is 50.6 Å². The van der Waals surface area contributed by atoms with E-state index in [4.69, 9.17) is 0 Å². The highest BCUT2D eigenvalue weighted by Gasteiger charge is 2.35. The maximum absolute atomic E-state index is 15.0. The number of aliphatic hydroxyl groups excluding tert-OH is 2. The lowest BCUT2D eigenvalue weighted by Crippen LogP contribution is -2.51. The van der Waals surface area contributed by atoms with Gasteiger partial charge in [-0.15, -0.1) is 0 Å². The molecule has 186 valence electrons. The molecular weight excluding hydrogens is 466 g/mol. The minimum Gasteiger partial charge on any atom is -0.396 e. The summed E-state index contributed by atoms with van der Waals surface area (Å²) in [5.74, 6) is -1.61. The summed E-state index contributed by atoms with van der Waals surface area (Å²) in [5, 5.41) is 29.8. The van der Waals surface area contributed by atoms with E-state index in [0.29, 0.717) is 17.0 Å². The number of amides is 1. The molecule has 0 aliphatic rings. The predicted octanol–water partition coefficient (Wildman–Crippen LogP) is 3.75. The largest absolute Gasteiger partial charge is 0.396 e. The average Bonchev–Trinajstić information content (AvgIpc) is 3.38. The SMILES string of the molecule is CC(CO)(CO)[C@@H](Cc1ccccn1)NC(=O)c1cccc(F)c1-c1cc(-c2ccc(F)cc2)n[nH]1. The first-order valence-electron chi connectivity index (χ1n) is 11.4. The minimum atomic E-state index is -1.07. The molecule has 4 N–H and O–H groups in total. The number of nitrogens with zero attached hydrogens (tertiary/aromatic N) is 2. The van der Waals surface area contributed by atoms with Gasteiger partial charge in [0.1, 0.15) is 11.6 Å². The van der Waals surface area contributed by atoms with Crippen LogP contribution in [0.3, 0.4) is 0 Å². The van der Waals surface area contributed by atoms with Gasteiger partial charge in [0.25, 0.3) is 5.91 Å². The smallest absolute Gasteiger partial charge is 0.252 e. The molecule has 36 heavy (non-hydrogen) atoms. The molecule has 0 spiro atoms. The quantitative estimate of drug-likeness (QED) is 0.284. The monoisotopic (exact) mass is 492 g/mol. The van der Waals surface area contributed by atoms with Crippen LogP contribution in [0.15, 0.2) is 72.9 Å². The molecule has 0 bridgehead atoms. The molecule has 1 atom stereocenters. The third-order valence-electron chi connectivity index (χ3n) is 6.25. The van der Waals surface area contributed by atoms with Gasteiger partial charge in [0, 0.05) is 40.9 Å². The van der Waals surface area contributed by atoms with E-state index in [1.807, 2.05) is 0 Å². The molecule has 2 aromatic carbocycles. The number of aromatic amines is 1. The van der Waals surface area contributed by atoms with Gasteiger partial charge in [-0.2, -0.15) is 5.10 Å². The van der Waals surface area contributed by atoms with Crippen molar-refractivity contribution in [3.05, 3.63) is 95.8 Å². The van der Waals surface area contributed by atoms with Gasteiger partial charge in [-0.3, -0.25) is 14.9 Å². The van der Waals surface area contributed by atoms with Crippen molar-refractivity contribution in [2.45, 2.75) is 19.4 Å². The Morgan fingerprint density at radius 3 is 2.47 bits per heavy atom. The van der Waals surface area contributed by atoms with Crippen molar-refractivity contribution < 1.29 is 23.8 Å². The topological polar surface area (TPSA) is 111 Å². The van der Waals surface area contributed by atoms with Crippen LogP contribution in [-0.2, 0) is 6.42 Å². The van der Waals surface area contributed by atoms with E-state index in [1.165, 1.54) is 30.3 Å². The number of carbonyl (C=O) groups is 1. The number of halogens is 2. The van der Waals surface area contributed by atoms with Crippen LogP contribution in [0.5, 0.6) is 0 Å². The van der Waals surface area contributed by atoms with E-state index in [1.54, 1.807) is 49.5 Å². The van der Waals surface area contributed by atoms with Crippen molar-refractivity contribution in [1.82, 2.24) is 20.5 Å². The Labute approximate surface area is 206 Å². The molecule has 0 aliphatic heterocycles. The molecule has 2 aromatic heterocycles. The number of aromatic nitrogens is 3. The molecule has 0 fully saturated rings. The van der Waals surface area contributed by atoms with Crippen LogP contribution in [0.4, 0.5) is 8.78 Å². The molecule has 7 nitrogen and oxygen atoms in total. The van der Waals surface area contributed by atoms with E-state index in [0.717, 1.165) is 0 Å². The van der Waals surface area contributed by atoms with Gasteiger partial charge in [0.15, 0.2) is 0 Å². The first-order valence-corrected chi connectivity index (χ1v) is 11.4. The van der Waals surface area contributed by atoms with Crippen LogP contribution >= 0.6 is 0 Å². The van der Waals surface area contributed by atoms with E-state index < -0.39 is 36.4 Å². The number of aliphatic hydroxyl groups is 2. The van der Waals surface area contributed by atoms with Crippen molar-refractivity contribution >= 4 is 5.91 Å². The summed E-state index contributed by atoms with van der Waals surface area (Å²) in [5.41, 5.74) is 1.01. The lowest BCUT2D eigenvalue weighted by atomic mass is 9.81. The zero-order valence-electron chi connectivity index (χ0n) is 19.6. The highest BCUT2D eigenvalue weighted by Crippen LogP contribution is 2.30. The van der Waals surface area contributed by atoms with Crippen LogP contribution < -0.4 is 5.32 Å². The van der Waals surface area contributed by atoms with Crippen LogP contribution in [0.2, 0.25) is 0 Å². The third kappa shape index (κ3) is 5.32. The molecule has 9 heteroatoms. The van der Waals surface area contributed by atoms with Crippen molar-refractivity contribution in [2.75, 3.05) is 13.2 Å². The van der Waals surface area contributed by atoms with Gasteiger partial charge in [-0.1, -0.05) is 19.1 Å².